The van der Waals surface area contributed by atoms with Crippen LogP contribution in [0.2, 0.25) is 0 Å². The molecular formula is C15H16N2O3. The van der Waals surface area contributed by atoms with E-state index in [1.54, 1.807) is 50.4 Å². The molecule has 0 bridgehead atoms. The third kappa shape index (κ3) is 3.06. The number of methoxy groups -OCH3 is 2. The van der Waals surface area contributed by atoms with Crippen LogP contribution in [0, 0.1) is 0 Å². The van der Waals surface area contributed by atoms with Crippen LogP contribution in [0.1, 0.15) is 15.9 Å². The fourth-order valence-corrected chi connectivity index (χ4v) is 1.78. The van der Waals surface area contributed by atoms with Gasteiger partial charge in [0.05, 0.1) is 26.0 Å². The van der Waals surface area contributed by atoms with E-state index in [1.165, 1.54) is 12.3 Å². The molecule has 0 aliphatic carbocycles. The van der Waals surface area contributed by atoms with Gasteiger partial charge in [-0.2, -0.15) is 5.10 Å². The standard InChI is InChI=1S/C15H16N2O3/c1-17-10-12(9-16-17)14(18)6-4-11-8-13(19-2)5-7-15(11)20-3/h4-10H,1-3H3/b6-4+. The first-order valence-corrected chi connectivity index (χ1v) is 6.07. The van der Waals surface area contributed by atoms with Crippen LogP contribution in [0.3, 0.4) is 0 Å². The first kappa shape index (κ1) is 13.9. The number of benzene rings is 1. The largest absolute Gasteiger partial charge is 0.497 e. The summed E-state index contributed by atoms with van der Waals surface area (Å²) in [5.41, 5.74) is 1.33. The molecular weight excluding hydrogens is 256 g/mol. The first-order valence-electron chi connectivity index (χ1n) is 6.07. The van der Waals surface area contributed by atoms with Gasteiger partial charge in [0.25, 0.3) is 0 Å². The second kappa shape index (κ2) is 6.06. The van der Waals surface area contributed by atoms with Crippen molar-refractivity contribution in [3.63, 3.8) is 0 Å². The minimum absolute atomic E-state index is 0.108. The van der Waals surface area contributed by atoms with E-state index in [0.29, 0.717) is 17.1 Å². The van der Waals surface area contributed by atoms with Crippen LogP contribution in [0.4, 0.5) is 0 Å². The summed E-state index contributed by atoms with van der Waals surface area (Å²) in [4.78, 5) is 12.0. The fourth-order valence-electron chi connectivity index (χ4n) is 1.78. The number of nitrogens with zero attached hydrogens (tertiary/aromatic N) is 2. The molecule has 104 valence electrons. The van der Waals surface area contributed by atoms with E-state index in [9.17, 15) is 4.79 Å². The van der Waals surface area contributed by atoms with E-state index in [-0.39, 0.29) is 5.78 Å². The predicted octanol–water partition coefficient (Wildman–Crippen LogP) is 2.33. The Labute approximate surface area is 117 Å². The monoisotopic (exact) mass is 272 g/mol. The van der Waals surface area contributed by atoms with Crippen molar-refractivity contribution in [1.82, 2.24) is 9.78 Å². The quantitative estimate of drug-likeness (QED) is 0.619. The van der Waals surface area contributed by atoms with Gasteiger partial charge in [0, 0.05) is 18.8 Å². The smallest absolute Gasteiger partial charge is 0.189 e. The van der Waals surface area contributed by atoms with E-state index >= 15 is 0 Å². The Hall–Kier alpha value is -2.56. The molecule has 0 aliphatic rings. The van der Waals surface area contributed by atoms with E-state index in [1.807, 2.05) is 6.07 Å². The Kier molecular flexibility index (Phi) is 4.20. The van der Waals surface area contributed by atoms with Crippen molar-refractivity contribution in [2.24, 2.45) is 7.05 Å². The molecule has 1 aromatic carbocycles. The highest BCUT2D eigenvalue weighted by Crippen LogP contribution is 2.25. The summed E-state index contributed by atoms with van der Waals surface area (Å²) >= 11 is 0. The zero-order chi connectivity index (χ0) is 14.5. The zero-order valence-electron chi connectivity index (χ0n) is 11.7. The van der Waals surface area contributed by atoms with Gasteiger partial charge in [0.15, 0.2) is 5.78 Å². The molecule has 0 radical (unpaired) electrons. The van der Waals surface area contributed by atoms with Crippen LogP contribution >= 0.6 is 0 Å². The Morgan fingerprint density at radius 3 is 2.70 bits per heavy atom. The summed E-state index contributed by atoms with van der Waals surface area (Å²) in [6, 6.07) is 5.41. The minimum atomic E-state index is -0.108. The summed E-state index contributed by atoms with van der Waals surface area (Å²) in [5.74, 6) is 1.28. The van der Waals surface area contributed by atoms with E-state index in [0.717, 1.165) is 5.56 Å². The van der Waals surface area contributed by atoms with Crippen molar-refractivity contribution >= 4 is 11.9 Å². The maximum atomic E-state index is 12.0. The number of aromatic nitrogens is 2. The van der Waals surface area contributed by atoms with Gasteiger partial charge in [0.2, 0.25) is 0 Å². The van der Waals surface area contributed by atoms with Gasteiger partial charge >= 0.3 is 0 Å². The molecule has 0 aliphatic heterocycles. The number of hydrogen-bond acceptors (Lipinski definition) is 4. The van der Waals surface area contributed by atoms with Crippen molar-refractivity contribution in [3.05, 3.63) is 47.8 Å². The van der Waals surface area contributed by atoms with Gasteiger partial charge in [-0.1, -0.05) is 0 Å². The maximum absolute atomic E-state index is 12.0. The lowest BCUT2D eigenvalue weighted by molar-refractivity contribution is 0.104. The molecule has 0 atom stereocenters. The van der Waals surface area contributed by atoms with Crippen molar-refractivity contribution < 1.29 is 14.3 Å². The van der Waals surface area contributed by atoms with Gasteiger partial charge in [-0.25, -0.2) is 0 Å². The van der Waals surface area contributed by atoms with Crippen LogP contribution < -0.4 is 9.47 Å². The van der Waals surface area contributed by atoms with Gasteiger partial charge < -0.3 is 9.47 Å². The van der Waals surface area contributed by atoms with E-state index in [2.05, 4.69) is 5.10 Å². The third-order valence-electron chi connectivity index (χ3n) is 2.84. The summed E-state index contributed by atoms with van der Waals surface area (Å²) in [7, 11) is 4.95. The average molecular weight is 272 g/mol. The molecule has 0 amide bonds. The third-order valence-corrected chi connectivity index (χ3v) is 2.84. The highest BCUT2D eigenvalue weighted by atomic mass is 16.5. The number of allylic oxidation sites excluding steroid dienone is 1. The van der Waals surface area contributed by atoms with Gasteiger partial charge in [-0.05, 0) is 30.4 Å². The van der Waals surface area contributed by atoms with Crippen molar-refractivity contribution in [1.29, 1.82) is 0 Å². The second-order valence-corrected chi connectivity index (χ2v) is 4.21. The molecule has 1 heterocycles. The van der Waals surface area contributed by atoms with Crippen molar-refractivity contribution in [2.45, 2.75) is 0 Å². The highest BCUT2D eigenvalue weighted by Gasteiger charge is 2.06. The molecule has 5 heteroatoms. The lowest BCUT2D eigenvalue weighted by Gasteiger charge is -2.06. The SMILES string of the molecule is COc1ccc(OC)c(/C=C/C(=O)c2cnn(C)c2)c1. The second-order valence-electron chi connectivity index (χ2n) is 4.21. The maximum Gasteiger partial charge on any atom is 0.189 e. The fraction of sp³-hybridized carbons (Fsp3) is 0.200. The topological polar surface area (TPSA) is 53.4 Å². The number of carbonyl (C=O) groups excluding carboxylic acids is 1. The molecule has 20 heavy (non-hydrogen) atoms. The van der Waals surface area contributed by atoms with E-state index in [4.69, 9.17) is 9.47 Å². The first-order chi connectivity index (χ1) is 9.63. The van der Waals surface area contributed by atoms with Crippen LogP contribution in [0.5, 0.6) is 11.5 Å². The highest BCUT2D eigenvalue weighted by molar-refractivity contribution is 6.06. The summed E-state index contributed by atoms with van der Waals surface area (Å²) < 4.78 is 12.0. The van der Waals surface area contributed by atoms with E-state index < -0.39 is 0 Å². The molecule has 0 fully saturated rings. The zero-order valence-corrected chi connectivity index (χ0v) is 11.7. The molecule has 1 aromatic heterocycles. The summed E-state index contributed by atoms with van der Waals surface area (Å²) in [6.45, 7) is 0. The van der Waals surface area contributed by atoms with Crippen molar-refractivity contribution in [2.75, 3.05) is 14.2 Å². The molecule has 0 spiro atoms. The molecule has 0 saturated heterocycles. The number of hydrogen-bond donors (Lipinski definition) is 0. The van der Waals surface area contributed by atoms with Crippen LogP contribution in [0.15, 0.2) is 36.7 Å². The molecule has 5 nitrogen and oxygen atoms in total. The number of ether oxygens (including phenoxy) is 2. The Morgan fingerprint density at radius 2 is 2.10 bits per heavy atom. The normalized spacial score (nSPS) is 10.8. The molecule has 2 rings (SSSR count). The minimum Gasteiger partial charge on any atom is -0.497 e. The summed E-state index contributed by atoms with van der Waals surface area (Å²) in [5, 5.41) is 3.97. The Morgan fingerprint density at radius 1 is 1.30 bits per heavy atom. The Balaban J connectivity index is 2.24. The van der Waals surface area contributed by atoms with Gasteiger partial charge in [-0.15, -0.1) is 0 Å². The number of carbonyl (C=O) groups is 1. The van der Waals surface area contributed by atoms with Crippen LogP contribution in [-0.4, -0.2) is 29.8 Å². The molecule has 0 saturated carbocycles. The predicted molar refractivity (Wildman–Crippen MR) is 76.1 cm³/mol. The number of ketones is 1. The lowest BCUT2D eigenvalue weighted by Crippen LogP contribution is -1.93. The summed E-state index contributed by atoms with van der Waals surface area (Å²) in [6.07, 6.45) is 6.41. The van der Waals surface area contributed by atoms with Crippen LogP contribution in [0.25, 0.3) is 6.08 Å². The van der Waals surface area contributed by atoms with Gasteiger partial charge in [-0.3, -0.25) is 9.48 Å². The molecule has 2 aromatic rings. The van der Waals surface area contributed by atoms with Gasteiger partial charge in [0.1, 0.15) is 11.5 Å². The average Bonchev–Trinajstić information content (AvgIpc) is 2.91. The number of rotatable bonds is 5. The van der Waals surface area contributed by atoms with Crippen molar-refractivity contribution in [3.8, 4) is 11.5 Å². The van der Waals surface area contributed by atoms with Crippen LogP contribution in [-0.2, 0) is 7.05 Å². The molecule has 0 unspecified atom stereocenters. The Bertz CT molecular complexity index is 644. The molecule has 0 N–H and O–H groups in total. The lowest BCUT2D eigenvalue weighted by atomic mass is 10.1. The number of aryl methyl sites for hydroxylation is 1.